The Labute approximate surface area is 80.7 Å². The van der Waals surface area contributed by atoms with Gasteiger partial charge in [0.15, 0.2) is 11.8 Å². The standard InChI is InChI=1S/C5H6N2O2.Na/c6-3-5(7,4-9)1-2-8;/h2,4H,1,7H2;. The van der Waals surface area contributed by atoms with Gasteiger partial charge in [0.05, 0.1) is 6.07 Å². The molecule has 1 unspecified atom stereocenters. The van der Waals surface area contributed by atoms with E-state index in [9.17, 15) is 9.59 Å². The second-order valence-electron chi connectivity index (χ2n) is 1.64. The fourth-order valence-corrected chi connectivity index (χ4v) is 0.258. The molecule has 1 atom stereocenters. The van der Waals surface area contributed by atoms with Crippen LogP contribution in [0.15, 0.2) is 0 Å². The molecule has 5 heteroatoms. The molecule has 0 fully saturated rings. The number of nitriles is 1. The Morgan fingerprint density at radius 1 is 1.60 bits per heavy atom. The summed E-state index contributed by atoms with van der Waals surface area (Å²) >= 11 is 0. The summed E-state index contributed by atoms with van der Waals surface area (Å²) in [7, 11) is 0. The fraction of sp³-hybridized carbons (Fsp3) is 0.400. The van der Waals surface area contributed by atoms with Gasteiger partial charge in [-0.15, -0.1) is 0 Å². The first-order valence-electron chi connectivity index (χ1n) is 2.28. The largest absolute Gasteiger partial charge is 0.307 e. The van der Waals surface area contributed by atoms with Crippen LogP contribution in [0, 0.1) is 11.3 Å². The summed E-state index contributed by atoms with van der Waals surface area (Å²) in [5, 5.41) is 8.15. The Kier molecular flexibility index (Phi) is 6.94. The maximum Gasteiger partial charge on any atom is 0.166 e. The van der Waals surface area contributed by atoms with E-state index < -0.39 is 5.54 Å². The topological polar surface area (TPSA) is 83.9 Å². The van der Waals surface area contributed by atoms with Gasteiger partial charge in [0, 0.05) is 36.0 Å². The fourth-order valence-electron chi connectivity index (χ4n) is 0.258. The van der Waals surface area contributed by atoms with Crippen LogP contribution in [0.2, 0.25) is 0 Å². The van der Waals surface area contributed by atoms with Crippen LogP contribution >= 0.6 is 0 Å². The van der Waals surface area contributed by atoms with Gasteiger partial charge >= 0.3 is 0 Å². The maximum atomic E-state index is 9.94. The van der Waals surface area contributed by atoms with E-state index in [1.807, 2.05) is 0 Å². The van der Waals surface area contributed by atoms with Gasteiger partial charge in [-0.05, 0) is 0 Å². The summed E-state index contributed by atoms with van der Waals surface area (Å²) in [6.07, 6.45) is 0.464. The van der Waals surface area contributed by atoms with Crippen molar-refractivity contribution in [3.63, 3.8) is 0 Å². The van der Waals surface area contributed by atoms with Gasteiger partial charge in [-0.25, -0.2) is 0 Å². The van der Waals surface area contributed by atoms with Crippen LogP contribution in [0.4, 0.5) is 0 Å². The van der Waals surface area contributed by atoms with E-state index in [2.05, 4.69) is 0 Å². The molecule has 0 spiro atoms. The van der Waals surface area contributed by atoms with E-state index >= 15 is 0 Å². The molecule has 0 aliphatic rings. The molecule has 1 radical (unpaired) electrons. The summed E-state index contributed by atoms with van der Waals surface area (Å²) in [6.45, 7) is 0. The predicted octanol–water partition coefficient (Wildman–Crippen LogP) is -1.39. The van der Waals surface area contributed by atoms with E-state index in [1.165, 1.54) is 6.07 Å². The SMILES string of the molecule is N#CC(N)(C=O)CC=O.[Na]. The Balaban J connectivity index is 0. The summed E-state index contributed by atoms with van der Waals surface area (Å²) in [4.78, 5) is 19.7. The number of nitrogens with two attached hydrogens (primary N) is 1. The average Bonchev–Trinajstić information content (AvgIpc) is 1.89. The summed E-state index contributed by atoms with van der Waals surface area (Å²) in [5.74, 6) is 0. The molecule has 0 aliphatic carbocycles. The Morgan fingerprint density at radius 3 is 2.20 bits per heavy atom. The quantitative estimate of drug-likeness (QED) is 0.395. The molecule has 0 heterocycles. The third-order valence-electron chi connectivity index (χ3n) is 0.840. The van der Waals surface area contributed by atoms with Crippen LogP contribution < -0.4 is 5.73 Å². The molecular weight excluding hydrogens is 143 g/mol. The van der Waals surface area contributed by atoms with Crippen molar-refractivity contribution in [1.82, 2.24) is 0 Å². The molecule has 0 aromatic rings. The minimum atomic E-state index is -1.61. The van der Waals surface area contributed by atoms with E-state index in [-0.39, 0.29) is 42.3 Å². The van der Waals surface area contributed by atoms with Gasteiger partial charge in [0.2, 0.25) is 0 Å². The molecule has 49 valence electrons. The summed E-state index contributed by atoms with van der Waals surface area (Å²) in [6, 6.07) is 1.51. The molecule has 0 aromatic heterocycles. The predicted molar refractivity (Wildman–Crippen MR) is 35.0 cm³/mol. The Hall–Kier alpha value is -0.210. The van der Waals surface area contributed by atoms with Gasteiger partial charge in [0.25, 0.3) is 0 Å². The third kappa shape index (κ3) is 3.75. The molecule has 0 bridgehead atoms. The molecule has 2 N–H and O–H groups in total. The molecule has 0 saturated heterocycles. The number of aldehydes is 2. The van der Waals surface area contributed by atoms with Crippen molar-refractivity contribution < 1.29 is 9.59 Å². The first-order chi connectivity index (χ1) is 4.18. The van der Waals surface area contributed by atoms with Crippen LogP contribution in [-0.4, -0.2) is 47.7 Å². The Bertz CT molecular complexity index is 166. The van der Waals surface area contributed by atoms with Crippen LogP contribution in [0.5, 0.6) is 0 Å². The van der Waals surface area contributed by atoms with Crippen molar-refractivity contribution >= 4 is 42.1 Å². The normalized spacial score (nSPS) is 13.6. The van der Waals surface area contributed by atoms with Crippen molar-refractivity contribution in [2.24, 2.45) is 5.73 Å². The number of nitrogens with zero attached hydrogens (tertiary/aromatic N) is 1. The van der Waals surface area contributed by atoms with Crippen molar-refractivity contribution in [3.05, 3.63) is 0 Å². The van der Waals surface area contributed by atoms with Gasteiger partial charge in [-0.3, -0.25) is 0 Å². The van der Waals surface area contributed by atoms with Gasteiger partial charge in [0.1, 0.15) is 6.29 Å². The number of carbonyl (C=O) groups excluding carboxylic acids is 2. The van der Waals surface area contributed by atoms with E-state index in [0.29, 0.717) is 6.29 Å². The van der Waals surface area contributed by atoms with Crippen molar-refractivity contribution in [3.8, 4) is 6.07 Å². The van der Waals surface area contributed by atoms with Crippen LogP contribution in [0.25, 0.3) is 0 Å². The summed E-state index contributed by atoms with van der Waals surface area (Å²) in [5.41, 5.74) is 3.44. The molecule has 0 aromatic carbocycles. The molecule has 0 saturated carbocycles. The zero-order valence-electron chi connectivity index (χ0n) is 5.70. The smallest absolute Gasteiger partial charge is 0.166 e. The molecule has 4 nitrogen and oxygen atoms in total. The average molecular weight is 149 g/mol. The van der Waals surface area contributed by atoms with Gasteiger partial charge in [-0.1, -0.05) is 0 Å². The molecule has 0 rings (SSSR count). The molecule has 0 amide bonds. The Morgan fingerprint density at radius 2 is 2.10 bits per heavy atom. The number of hydrogen-bond acceptors (Lipinski definition) is 4. The summed E-state index contributed by atoms with van der Waals surface area (Å²) < 4.78 is 0. The second kappa shape index (κ2) is 5.57. The van der Waals surface area contributed by atoms with Crippen LogP contribution in [0.1, 0.15) is 6.42 Å². The number of rotatable bonds is 3. The first-order valence-corrected chi connectivity index (χ1v) is 2.28. The third-order valence-corrected chi connectivity index (χ3v) is 0.840. The maximum absolute atomic E-state index is 9.94. The second-order valence-corrected chi connectivity index (χ2v) is 1.64. The van der Waals surface area contributed by atoms with E-state index in [4.69, 9.17) is 11.0 Å². The molecule has 10 heavy (non-hydrogen) atoms. The van der Waals surface area contributed by atoms with Crippen LogP contribution in [-0.2, 0) is 9.59 Å². The first kappa shape index (κ1) is 12.5. The molecule has 0 aliphatic heterocycles. The van der Waals surface area contributed by atoms with Crippen molar-refractivity contribution in [1.29, 1.82) is 5.26 Å². The molecular formula is C5H6N2NaO2. The van der Waals surface area contributed by atoms with Crippen molar-refractivity contribution in [2.75, 3.05) is 0 Å². The van der Waals surface area contributed by atoms with Gasteiger partial charge < -0.3 is 15.3 Å². The van der Waals surface area contributed by atoms with Crippen molar-refractivity contribution in [2.45, 2.75) is 12.0 Å². The van der Waals surface area contributed by atoms with E-state index in [1.54, 1.807) is 0 Å². The zero-order valence-corrected chi connectivity index (χ0v) is 7.70. The monoisotopic (exact) mass is 149 g/mol. The minimum Gasteiger partial charge on any atom is -0.307 e. The number of hydrogen-bond donors (Lipinski definition) is 1. The number of carbonyl (C=O) groups is 2. The van der Waals surface area contributed by atoms with Crippen LogP contribution in [0.3, 0.4) is 0 Å². The zero-order chi connectivity index (χ0) is 7.33. The van der Waals surface area contributed by atoms with Gasteiger partial charge in [-0.2, -0.15) is 5.26 Å². The van der Waals surface area contributed by atoms with E-state index in [0.717, 1.165) is 0 Å². The minimum absolute atomic E-state index is 0.